The second kappa shape index (κ2) is 6.52. The smallest absolute Gasteiger partial charge is 0.383 e. The van der Waals surface area contributed by atoms with Crippen molar-refractivity contribution in [2.24, 2.45) is 0 Å². The Balaban J connectivity index is 2.99. The largest absolute Gasteiger partial charge is 0.442 e. The minimum Gasteiger partial charge on any atom is -0.383 e. The maximum Gasteiger partial charge on any atom is 0.442 e. The van der Waals surface area contributed by atoms with Crippen molar-refractivity contribution in [2.75, 3.05) is 20.3 Å². The van der Waals surface area contributed by atoms with Crippen LogP contribution < -0.4 is 5.32 Å². The van der Waals surface area contributed by atoms with E-state index in [1.54, 1.807) is 0 Å². The quantitative estimate of drug-likeness (QED) is 0.478. The van der Waals surface area contributed by atoms with Gasteiger partial charge in [0.1, 0.15) is 12.2 Å². The van der Waals surface area contributed by atoms with Crippen LogP contribution >= 0.6 is 0 Å². The van der Waals surface area contributed by atoms with E-state index in [1.165, 1.54) is 7.11 Å². The van der Waals surface area contributed by atoms with Crippen LogP contribution in [0.5, 0.6) is 0 Å². The summed E-state index contributed by atoms with van der Waals surface area (Å²) in [5.41, 5.74) is -3.10. The minimum atomic E-state index is -4.97. The molecule has 1 rings (SSSR count). The third kappa shape index (κ3) is 4.15. The van der Waals surface area contributed by atoms with Crippen molar-refractivity contribution in [1.82, 2.24) is 15.1 Å². The number of nitro groups is 1. The van der Waals surface area contributed by atoms with Crippen LogP contribution in [0.2, 0.25) is 0 Å². The normalized spacial score (nSPS) is 11.5. The number of nitrogens with one attached hydrogen (secondary N) is 1. The number of hydrogen-bond acceptors (Lipinski definition) is 5. The highest BCUT2D eigenvalue weighted by atomic mass is 19.4. The van der Waals surface area contributed by atoms with Crippen LogP contribution in [0.15, 0.2) is 0 Å². The van der Waals surface area contributed by atoms with E-state index >= 15 is 0 Å². The Hall–Kier alpha value is -2.17. The van der Waals surface area contributed by atoms with Gasteiger partial charge in [0.2, 0.25) is 11.6 Å². The number of hydrogen-bond donors (Lipinski definition) is 1. The zero-order valence-electron chi connectivity index (χ0n) is 11.2. The van der Waals surface area contributed by atoms with E-state index in [-0.39, 0.29) is 18.8 Å². The van der Waals surface area contributed by atoms with Gasteiger partial charge in [-0.1, -0.05) is 0 Å². The number of ether oxygens (including phenoxy) is 1. The SMILES string of the molecule is COCCNC(=O)Cn1nc(C(F)(F)F)c([N+](=O)[O-])c1C. The number of carbonyl (C=O) groups is 1. The van der Waals surface area contributed by atoms with Crippen LogP contribution in [0.4, 0.5) is 18.9 Å². The van der Waals surface area contributed by atoms with Gasteiger partial charge < -0.3 is 10.1 Å². The van der Waals surface area contributed by atoms with Gasteiger partial charge in [-0.05, 0) is 6.92 Å². The maximum absolute atomic E-state index is 12.7. The summed E-state index contributed by atoms with van der Waals surface area (Å²) in [6.45, 7) is 0.955. The van der Waals surface area contributed by atoms with Crippen LogP contribution in [0.3, 0.4) is 0 Å². The Morgan fingerprint density at radius 1 is 1.52 bits per heavy atom. The topological polar surface area (TPSA) is 99.3 Å². The van der Waals surface area contributed by atoms with Crippen molar-refractivity contribution in [2.45, 2.75) is 19.6 Å². The van der Waals surface area contributed by atoms with Gasteiger partial charge in [0.25, 0.3) is 0 Å². The Kier molecular flexibility index (Phi) is 5.24. The number of alkyl halides is 3. The first-order chi connectivity index (χ1) is 9.68. The molecule has 0 radical (unpaired) electrons. The lowest BCUT2D eigenvalue weighted by Crippen LogP contribution is -2.31. The predicted molar refractivity (Wildman–Crippen MR) is 63.5 cm³/mol. The first-order valence-electron chi connectivity index (χ1n) is 5.73. The number of methoxy groups -OCH3 is 1. The number of halogens is 3. The molecule has 0 atom stereocenters. The lowest BCUT2D eigenvalue weighted by molar-refractivity contribution is -0.388. The van der Waals surface area contributed by atoms with Crippen molar-refractivity contribution >= 4 is 11.6 Å². The monoisotopic (exact) mass is 310 g/mol. The first kappa shape index (κ1) is 16.9. The zero-order chi connectivity index (χ0) is 16.2. The van der Waals surface area contributed by atoms with Crippen molar-refractivity contribution < 1.29 is 27.6 Å². The highest BCUT2D eigenvalue weighted by molar-refractivity contribution is 5.75. The summed E-state index contributed by atoms with van der Waals surface area (Å²) in [6, 6.07) is 0. The van der Waals surface area contributed by atoms with Gasteiger partial charge in [-0.15, -0.1) is 0 Å². The third-order valence-electron chi connectivity index (χ3n) is 2.55. The van der Waals surface area contributed by atoms with E-state index in [2.05, 4.69) is 10.4 Å². The summed E-state index contributed by atoms with van der Waals surface area (Å²) in [5.74, 6) is -0.624. The molecule has 0 aliphatic rings. The van der Waals surface area contributed by atoms with E-state index in [0.717, 1.165) is 6.92 Å². The van der Waals surface area contributed by atoms with Gasteiger partial charge >= 0.3 is 11.9 Å². The number of aromatic nitrogens is 2. The molecule has 1 aromatic rings. The molecule has 0 saturated heterocycles. The lowest BCUT2D eigenvalue weighted by atomic mass is 10.3. The molecule has 1 amide bonds. The van der Waals surface area contributed by atoms with Gasteiger partial charge in [0.05, 0.1) is 11.5 Å². The van der Waals surface area contributed by atoms with Gasteiger partial charge in [0.15, 0.2) is 0 Å². The molecule has 118 valence electrons. The molecule has 0 aromatic carbocycles. The summed E-state index contributed by atoms with van der Waals surface area (Å²) in [4.78, 5) is 21.1. The van der Waals surface area contributed by atoms with E-state index < -0.39 is 34.9 Å². The third-order valence-corrected chi connectivity index (χ3v) is 2.55. The minimum absolute atomic E-state index is 0.171. The van der Waals surface area contributed by atoms with Crippen LogP contribution in [0.25, 0.3) is 0 Å². The predicted octanol–water partition coefficient (Wildman–Crippen LogP) is 0.881. The second-order valence-electron chi connectivity index (χ2n) is 4.04. The van der Waals surface area contributed by atoms with E-state index in [1.807, 2.05) is 0 Å². The fourth-order valence-corrected chi connectivity index (χ4v) is 1.58. The Bertz CT molecular complexity index is 541. The molecule has 21 heavy (non-hydrogen) atoms. The van der Waals surface area contributed by atoms with Crippen molar-refractivity contribution in [3.05, 3.63) is 21.5 Å². The van der Waals surface area contributed by atoms with E-state index in [0.29, 0.717) is 4.68 Å². The van der Waals surface area contributed by atoms with Crippen molar-refractivity contribution in [3.63, 3.8) is 0 Å². The average Bonchev–Trinajstić information content (AvgIpc) is 2.67. The van der Waals surface area contributed by atoms with Crippen molar-refractivity contribution in [3.8, 4) is 0 Å². The Morgan fingerprint density at radius 3 is 2.57 bits per heavy atom. The highest BCUT2D eigenvalue weighted by Gasteiger charge is 2.44. The summed E-state index contributed by atoms with van der Waals surface area (Å²) in [7, 11) is 1.42. The molecule has 8 nitrogen and oxygen atoms in total. The van der Waals surface area contributed by atoms with Gasteiger partial charge in [-0.2, -0.15) is 18.3 Å². The maximum atomic E-state index is 12.7. The number of nitrogens with zero attached hydrogens (tertiary/aromatic N) is 3. The summed E-state index contributed by atoms with van der Waals surface area (Å²) >= 11 is 0. The molecule has 0 saturated carbocycles. The van der Waals surface area contributed by atoms with E-state index in [4.69, 9.17) is 4.74 Å². The molecule has 0 aliphatic heterocycles. The van der Waals surface area contributed by atoms with Crippen molar-refractivity contribution in [1.29, 1.82) is 0 Å². The number of rotatable bonds is 6. The molecule has 0 fully saturated rings. The fourth-order valence-electron chi connectivity index (χ4n) is 1.58. The second-order valence-corrected chi connectivity index (χ2v) is 4.04. The van der Waals surface area contributed by atoms with Crippen LogP contribution in [0.1, 0.15) is 11.4 Å². The molecular formula is C10H13F3N4O4. The zero-order valence-corrected chi connectivity index (χ0v) is 11.2. The molecule has 0 bridgehead atoms. The molecule has 1 heterocycles. The number of amides is 1. The molecule has 1 aromatic heterocycles. The molecule has 1 N–H and O–H groups in total. The molecule has 11 heteroatoms. The summed E-state index contributed by atoms with van der Waals surface area (Å²) < 4.78 is 43.4. The fraction of sp³-hybridized carbons (Fsp3) is 0.600. The summed E-state index contributed by atoms with van der Waals surface area (Å²) in [6.07, 6.45) is -4.97. The van der Waals surface area contributed by atoms with Gasteiger partial charge in [-0.3, -0.25) is 19.6 Å². The van der Waals surface area contributed by atoms with Gasteiger partial charge in [-0.25, -0.2) is 0 Å². The highest BCUT2D eigenvalue weighted by Crippen LogP contribution is 2.36. The lowest BCUT2D eigenvalue weighted by Gasteiger charge is -2.05. The summed E-state index contributed by atoms with van der Waals surface area (Å²) in [5, 5.41) is 16.2. The Labute approximate surface area is 117 Å². The van der Waals surface area contributed by atoms with Crippen LogP contribution in [-0.2, 0) is 22.3 Å². The van der Waals surface area contributed by atoms with E-state index in [9.17, 15) is 28.1 Å². The standard InChI is InChI=1S/C10H13F3N4O4/c1-6-8(17(19)20)9(10(11,12)13)15-16(6)5-7(18)14-3-4-21-2/h3-5H2,1-2H3,(H,14,18). The number of carbonyl (C=O) groups excluding carboxylic acids is 1. The molecular weight excluding hydrogens is 297 g/mol. The average molecular weight is 310 g/mol. The Morgan fingerprint density at radius 2 is 2.14 bits per heavy atom. The molecule has 0 spiro atoms. The molecule has 0 aliphatic carbocycles. The molecule has 0 unspecified atom stereocenters. The van der Waals surface area contributed by atoms with Crippen LogP contribution in [0, 0.1) is 17.0 Å². The van der Waals surface area contributed by atoms with Crippen LogP contribution in [-0.4, -0.2) is 40.9 Å². The first-order valence-corrected chi connectivity index (χ1v) is 5.73. The van der Waals surface area contributed by atoms with Gasteiger partial charge in [0, 0.05) is 13.7 Å².